The van der Waals surface area contributed by atoms with Crippen molar-refractivity contribution in [3.05, 3.63) is 141 Å². The minimum atomic E-state index is -0.211. The third-order valence-corrected chi connectivity index (χ3v) is 6.75. The monoisotopic (exact) mass is 544 g/mol. The highest BCUT2D eigenvalue weighted by Gasteiger charge is 2.19. The highest BCUT2D eigenvalue weighted by Crippen LogP contribution is 2.34. The van der Waals surface area contributed by atoms with Crippen LogP contribution < -0.4 is 19.8 Å². The van der Waals surface area contributed by atoms with Gasteiger partial charge in [-0.15, -0.1) is 0 Å². The van der Waals surface area contributed by atoms with Crippen LogP contribution in [0.25, 0.3) is 23.3 Å². The molecule has 0 aliphatic rings. The van der Waals surface area contributed by atoms with Crippen LogP contribution in [0.3, 0.4) is 0 Å². The van der Waals surface area contributed by atoms with E-state index in [9.17, 15) is 4.79 Å². The van der Waals surface area contributed by atoms with E-state index in [1.54, 1.807) is 20.3 Å². The van der Waals surface area contributed by atoms with Crippen LogP contribution in [0.1, 0.15) is 27.9 Å². The number of aryl methyl sites for hydroxylation is 1. The number of hydrogen-bond donors (Lipinski definition) is 0. The van der Waals surface area contributed by atoms with E-state index in [1.807, 2.05) is 116 Å². The zero-order valence-electron chi connectivity index (χ0n) is 23.4. The second-order valence-electron chi connectivity index (χ2n) is 9.57. The Morgan fingerprint density at radius 1 is 0.756 bits per heavy atom. The molecule has 0 bridgehead atoms. The molecule has 1 aromatic heterocycles. The van der Waals surface area contributed by atoms with Crippen molar-refractivity contribution in [1.29, 1.82) is 0 Å². The summed E-state index contributed by atoms with van der Waals surface area (Å²) in [7, 11) is 3.21. The Labute approximate surface area is 240 Å². The zero-order chi connectivity index (χ0) is 28.6. The maximum Gasteiger partial charge on any atom is 0.274 e. The van der Waals surface area contributed by atoms with Crippen LogP contribution in [0.5, 0.6) is 17.2 Å². The normalized spacial score (nSPS) is 11.0. The maximum absolute atomic E-state index is 14.1. The van der Waals surface area contributed by atoms with Gasteiger partial charge >= 0.3 is 0 Å². The van der Waals surface area contributed by atoms with Gasteiger partial charge < -0.3 is 14.2 Å². The molecule has 0 spiro atoms. The van der Waals surface area contributed by atoms with Crippen molar-refractivity contribution >= 4 is 12.2 Å². The number of methoxy groups -OCH3 is 2. The summed E-state index contributed by atoms with van der Waals surface area (Å²) < 4.78 is 18.6. The Hall–Kier alpha value is -5.10. The van der Waals surface area contributed by atoms with Gasteiger partial charge in [-0.25, -0.2) is 4.68 Å². The average molecular weight is 545 g/mol. The van der Waals surface area contributed by atoms with Crippen molar-refractivity contribution in [1.82, 2.24) is 9.78 Å². The molecule has 0 atom stereocenters. The van der Waals surface area contributed by atoms with Crippen LogP contribution >= 0.6 is 0 Å². The number of benzene rings is 4. The van der Waals surface area contributed by atoms with E-state index in [2.05, 4.69) is 0 Å². The molecule has 1 heterocycles. The minimum Gasteiger partial charge on any atom is -0.497 e. The molecule has 0 aliphatic carbocycles. The molecule has 0 fully saturated rings. The van der Waals surface area contributed by atoms with E-state index in [-0.39, 0.29) is 12.1 Å². The lowest BCUT2D eigenvalue weighted by molar-refractivity contribution is 0.307. The smallest absolute Gasteiger partial charge is 0.274 e. The first-order valence-electron chi connectivity index (χ1n) is 13.4. The van der Waals surface area contributed by atoms with Crippen LogP contribution in [-0.4, -0.2) is 24.0 Å². The molecule has 5 rings (SSSR count). The van der Waals surface area contributed by atoms with Gasteiger partial charge in [0.05, 0.1) is 32.0 Å². The largest absolute Gasteiger partial charge is 0.497 e. The summed E-state index contributed by atoms with van der Waals surface area (Å²) >= 11 is 0. The van der Waals surface area contributed by atoms with Gasteiger partial charge in [0, 0.05) is 17.2 Å². The average Bonchev–Trinajstić information content (AvgIpc) is 3.02. The molecule has 6 heteroatoms. The van der Waals surface area contributed by atoms with Crippen LogP contribution in [0.15, 0.2) is 108 Å². The molecule has 0 radical (unpaired) electrons. The van der Waals surface area contributed by atoms with Gasteiger partial charge in [0.25, 0.3) is 5.56 Å². The Morgan fingerprint density at radius 3 is 2.07 bits per heavy atom. The Balaban J connectivity index is 1.61. The van der Waals surface area contributed by atoms with E-state index < -0.39 is 0 Å². The third-order valence-electron chi connectivity index (χ3n) is 6.75. The summed E-state index contributed by atoms with van der Waals surface area (Å²) in [5.74, 6) is 1.98. The van der Waals surface area contributed by atoms with Gasteiger partial charge in [-0.3, -0.25) is 4.79 Å². The van der Waals surface area contributed by atoms with Gasteiger partial charge in [-0.2, -0.15) is 5.10 Å². The molecule has 0 unspecified atom stereocenters. The maximum atomic E-state index is 14.1. The molecule has 0 saturated heterocycles. The molecule has 0 aliphatic heterocycles. The van der Waals surface area contributed by atoms with Crippen LogP contribution in [-0.2, 0) is 13.2 Å². The molecular weight excluding hydrogens is 512 g/mol. The zero-order valence-corrected chi connectivity index (χ0v) is 23.4. The van der Waals surface area contributed by atoms with Crippen LogP contribution in [0.4, 0.5) is 0 Å². The van der Waals surface area contributed by atoms with Crippen molar-refractivity contribution in [2.75, 3.05) is 14.2 Å². The fraction of sp³-hybridized carbons (Fsp3) is 0.143. The van der Waals surface area contributed by atoms with Crippen molar-refractivity contribution in [3.8, 4) is 28.4 Å². The van der Waals surface area contributed by atoms with Crippen molar-refractivity contribution in [3.63, 3.8) is 0 Å². The van der Waals surface area contributed by atoms with Gasteiger partial charge in [-0.1, -0.05) is 84.9 Å². The van der Waals surface area contributed by atoms with Crippen LogP contribution in [0.2, 0.25) is 0 Å². The molecule has 4 aromatic carbocycles. The van der Waals surface area contributed by atoms with Crippen molar-refractivity contribution in [2.45, 2.75) is 20.1 Å². The van der Waals surface area contributed by atoms with Crippen molar-refractivity contribution in [2.24, 2.45) is 0 Å². The number of nitrogens with zero attached hydrogens (tertiary/aromatic N) is 2. The molecule has 0 amide bonds. The van der Waals surface area contributed by atoms with Gasteiger partial charge in [0.1, 0.15) is 23.9 Å². The SMILES string of the molecule is COc1cc(Cn2nc(C)c(-c3ccccc3OCc3ccccc3)c(/C=C/c3ccccc3)c2=O)cc(OC)c1. The highest BCUT2D eigenvalue weighted by atomic mass is 16.5. The molecular formula is C35H32N2O4. The first-order valence-corrected chi connectivity index (χ1v) is 13.4. The van der Waals surface area contributed by atoms with E-state index in [0.29, 0.717) is 35.1 Å². The minimum absolute atomic E-state index is 0.211. The third kappa shape index (κ3) is 6.56. The molecule has 41 heavy (non-hydrogen) atoms. The topological polar surface area (TPSA) is 62.6 Å². The Morgan fingerprint density at radius 2 is 1.39 bits per heavy atom. The van der Waals surface area contributed by atoms with Gasteiger partial charge in [0.15, 0.2) is 0 Å². The second-order valence-corrected chi connectivity index (χ2v) is 9.57. The fourth-order valence-electron chi connectivity index (χ4n) is 4.73. The number of para-hydroxylation sites is 1. The predicted octanol–water partition coefficient (Wildman–Crippen LogP) is 7.03. The lowest BCUT2D eigenvalue weighted by atomic mass is 9.97. The Kier molecular flexibility index (Phi) is 8.60. The standard InChI is InChI=1S/C35H32N2O4/c1-25-34(31-16-10-11-17-33(31)41-24-27-14-8-5-9-15-27)32(19-18-26-12-6-4-7-13-26)35(38)37(36-25)23-28-20-29(39-2)22-30(21-28)40-3/h4-22H,23-24H2,1-3H3/b19-18+. The summed E-state index contributed by atoms with van der Waals surface area (Å²) in [5, 5.41) is 4.76. The molecule has 0 N–H and O–H groups in total. The van der Waals surface area contributed by atoms with E-state index in [1.165, 1.54) is 4.68 Å². The van der Waals surface area contributed by atoms with Gasteiger partial charge in [-0.05, 0) is 47.9 Å². The number of rotatable bonds is 10. The second kappa shape index (κ2) is 12.8. The summed E-state index contributed by atoms with van der Waals surface area (Å²) in [4.78, 5) is 14.1. The summed E-state index contributed by atoms with van der Waals surface area (Å²) in [6.45, 7) is 2.59. The predicted molar refractivity (Wildman–Crippen MR) is 163 cm³/mol. The summed E-state index contributed by atoms with van der Waals surface area (Å²) in [6.07, 6.45) is 3.82. The van der Waals surface area contributed by atoms with E-state index in [0.717, 1.165) is 27.8 Å². The first kappa shape index (κ1) is 27.5. The van der Waals surface area contributed by atoms with Gasteiger partial charge in [0.2, 0.25) is 0 Å². The quantitative estimate of drug-likeness (QED) is 0.189. The highest BCUT2D eigenvalue weighted by molar-refractivity contribution is 5.84. The molecule has 6 nitrogen and oxygen atoms in total. The number of hydrogen-bond acceptors (Lipinski definition) is 5. The lowest BCUT2D eigenvalue weighted by Crippen LogP contribution is -2.27. The lowest BCUT2D eigenvalue weighted by Gasteiger charge is -2.17. The Bertz CT molecular complexity index is 1690. The number of aromatic nitrogens is 2. The van der Waals surface area contributed by atoms with E-state index >= 15 is 0 Å². The molecule has 0 saturated carbocycles. The summed E-state index contributed by atoms with van der Waals surface area (Å²) in [5.41, 5.74) is 5.48. The number of ether oxygens (including phenoxy) is 3. The molecule has 5 aromatic rings. The first-order chi connectivity index (χ1) is 20.1. The molecule has 206 valence electrons. The van der Waals surface area contributed by atoms with Crippen LogP contribution in [0, 0.1) is 6.92 Å². The fourth-order valence-corrected chi connectivity index (χ4v) is 4.73. The van der Waals surface area contributed by atoms with Crippen molar-refractivity contribution < 1.29 is 14.2 Å². The summed E-state index contributed by atoms with van der Waals surface area (Å²) in [6, 6.07) is 33.3. The van der Waals surface area contributed by atoms with E-state index in [4.69, 9.17) is 19.3 Å².